The normalized spacial score (nSPS) is 10.9. The second-order valence-corrected chi connectivity index (χ2v) is 4.67. The molecule has 3 aromatic heterocycles. The van der Waals surface area contributed by atoms with Crippen LogP contribution in [0.3, 0.4) is 0 Å². The highest BCUT2D eigenvalue weighted by Crippen LogP contribution is 2.10. The highest BCUT2D eigenvalue weighted by molar-refractivity contribution is 5.93. The molecule has 0 fully saturated rings. The Bertz CT molecular complexity index is 751. The van der Waals surface area contributed by atoms with E-state index < -0.39 is 0 Å². The van der Waals surface area contributed by atoms with Crippen LogP contribution in [0.5, 0.6) is 0 Å². The molecule has 0 saturated heterocycles. The maximum absolute atomic E-state index is 12.2. The number of nitrogens with one attached hydrogen (secondary N) is 1. The molecule has 0 aromatic carbocycles. The first-order valence-electron chi connectivity index (χ1n) is 6.34. The van der Waals surface area contributed by atoms with E-state index in [0.717, 1.165) is 16.8 Å². The Labute approximate surface area is 116 Å². The monoisotopic (exact) mass is 269 g/mol. The summed E-state index contributed by atoms with van der Waals surface area (Å²) in [5.74, 6) is -0.121. The minimum Gasteiger partial charge on any atom is -0.347 e. The maximum atomic E-state index is 12.2. The van der Waals surface area contributed by atoms with Gasteiger partial charge >= 0.3 is 0 Å². The average Bonchev–Trinajstić information content (AvgIpc) is 3.03. The second-order valence-electron chi connectivity index (χ2n) is 4.67. The zero-order valence-electron chi connectivity index (χ0n) is 11.4. The number of pyridine rings is 1. The smallest absolute Gasteiger partial charge is 0.270 e. The van der Waals surface area contributed by atoms with Gasteiger partial charge in [-0.2, -0.15) is 5.10 Å². The van der Waals surface area contributed by atoms with Crippen LogP contribution in [0.25, 0.3) is 5.52 Å². The molecule has 6 nitrogen and oxygen atoms in total. The molecule has 3 rings (SSSR count). The molecule has 0 aliphatic heterocycles. The molecule has 0 aliphatic carbocycles. The summed E-state index contributed by atoms with van der Waals surface area (Å²) in [6.07, 6.45) is 5.26. The van der Waals surface area contributed by atoms with Gasteiger partial charge in [-0.25, -0.2) is 9.50 Å². The number of hydrogen-bond acceptors (Lipinski definition) is 3. The van der Waals surface area contributed by atoms with Crippen LogP contribution in [-0.2, 0) is 13.6 Å². The predicted octanol–water partition coefficient (Wildman–Crippen LogP) is 1.31. The first-order chi connectivity index (χ1) is 9.66. The van der Waals surface area contributed by atoms with Gasteiger partial charge in [0.25, 0.3) is 5.91 Å². The molecule has 20 heavy (non-hydrogen) atoms. The molecule has 0 saturated carbocycles. The number of fused-ring (bicyclic) bond motifs is 1. The molecular formula is C14H15N5O. The van der Waals surface area contributed by atoms with Crippen molar-refractivity contribution in [2.45, 2.75) is 13.5 Å². The number of hydrogen-bond donors (Lipinski definition) is 1. The first-order valence-corrected chi connectivity index (χ1v) is 6.34. The lowest BCUT2D eigenvalue weighted by molar-refractivity contribution is 0.0942. The van der Waals surface area contributed by atoms with Crippen LogP contribution < -0.4 is 5.32 Å². The summed E-state index contributed by atoms with van der Waals surface area (Å²) in [6.45, 7) is 2.28. The fourth-order valence-electron chi connectivity index (χ4n) is 2.29. The Morgan fingerprint density at radius 1 is 1.40 bits per heavy atom. The summed E-state index contributed by atoms with van der Waals surface area (Å²) >= 11 is 0. The van der Waals surface area contributed by atoms with E-state index >= 15 is 0 Å². The summed E-state index contributed by atoms with van der Waals surface area (Å²) in [5, 5.41) is 7.10. The van der Waals surface area contributed by atoms with Gasteiger partial charge in [-0.3, -0.25) is 4.79 Å². The number of carbonyl (C=O) groups is 1. The molecular weight excluding hydrogens is 254 g/mol. The third-order valence-corrected chi connectivity index (χ3v) is 3.30. The predicted molar refractivity (Wildman–Crippen MR) is 74.3 cm³/mol. The van der Waals surface area contributed by atoms with Crippen LogP contribution in [0.1, 0.15) is 21.7 Å². The van der Waals surface area contributed by atoms with Gasteiger partial charge in [0, 0.05) is 26.0 Å². The standard InChI is InChI=1S/C14H15N5O/c1-10-13(18(2)9-16-10)14(20)15-8-11-4-3-7-19-12(11)5-6-17-19/h3-7,9H,8H2,1-2H3,(H,15,20). The SMILES string of the molecule is Cc1ncn(C)c1C(=O)NCc1cccn2nccc12. The Kier molecular flexibility index (Phi) is 2.98. The van der Waals surface area contributed by atoms with Crippen LogP contribution in [0.15, 0.2) is 36.9 Å². The zero-order chi connectivity index (χ0) is 14.1. The van der Waals surface area contributed by atoms with Gasteiger partial charge in [-0.05, 0) is 24.6 Å². The Hall–Kier alpha value is -2.63. The number of aryl methyl sites for hydroxylation is 2. The number of nitrogens with zero attached hydrogens (tertiary/aromatic N) is 4. The zero-order valence-corrected chi connectivity index (χ0v) is 11.4. The average molecular weight is 269 g/mol. The minimum absolute atomic E-state index is 0.121. The summed E-state index contributed by atoms with van der Waals surface area (Å²) in [7, 11) is 1.81. The van der Waals surface area contributed by atoms with Crippen molar-refractivity contribution in [3.05, 3.63) is 53.9 Å². The maximum Gasteiger partial charge on any atom is 0.270 e. The van der Waals surface area contributed by atoms with Crippen LogP contribution in [0, 0.1) is 6.92 Å². The van der Waals surface area contributed by atoms with Crippen LogP contribution in [-0.4, -0.2) is 25.1 Å². The highest BCUT2D eigenvalue weighted by Gasteiger charge is 2.14. The van der Waals surface area contributed by atoms with Crippen LogP contribution in [0.2, 0.25) is 0 Å². The summed E-state index contributed by atoms with van der Waals surface area (Å²) in [5.41, 5.74) is 3.34. The molecule has 6 heteroatoms. The molecule has 0 aliphatic rings. The number of aromatic nitrogens is 4. The molecule has 0 unspecified atom stereocenters. The first kappa shape index (κ1) is 12.4. The van der Waals surface area contributed by atoms with E-state index in [-0.39, 0.29) is 5.91 Å². The molecule has 3 heterocycles. The molecule has 0 bridgehead atoms. The van der Waals surface area contributed by atoms with Crippen molar-refractivity contribution >= 4 is 11.4 Å². The third-order valence-electron chi connectivity index (χ3n) is 3.30. The lowest BCUT2D eigenvalue weighted by Gasteiger charge is -2.08. The lowest BCUT2D eigenvalue weighted by Crippen LogP contribution is -2.25. The molecule has 102 valence electrons. The van der Waals surface area contributed by atoms with Gasteiger partial charge < -0.3 is 9.88 Å². The summed E-state index contributed by atoms with van der Waals surface area (Å²) in [6, 6.07) is 5.82. The quantitative estimate of drug-likeness (QED) is 0.779. The fourth-order valence-corrected chi connectivity index (χ4v) is 2.29. The molecule has 0 radical (unpaired) electrons. The third kappa shape index (κ3) is 2.05. The summed E-state index contributed by atoms with van der Waals surface area (Å²) < 4.78 is 3.51. The van der Waals surface area contributed by atoms with Gasteiger partial charge in [0.1, 0.15) is 5.69 Å². The largest absolute Gasteiger partial charge is 0.347 e. The number of rotatable bonds is 3. The van der Waals surface area contributed by atoms with E-state index in [1.54, 1.807) is 21.6 Å². The lowest BCUT2D eigenvalue weighted by atomic mass is 10.2. The molecule has 0 atom stereocenters. The topological polar surface area (TPSA) is 64.2 Å². The number of imidazole rings is 1. The molecule has 0 spiro atoms. The van der Waals surface area contributed by atoms with Gasteiger partial charge in [-0.15, -0.1) is 0 Å². The van der Waals surface area contributed by atoms with Crippen molar-refractivity contribution in [2.75, 3.05) is 0 Å². The van der Waals surface area contributed by atoms with Crippen molar-refractivity contribution in [1.82, 2.24) is 24.5 Å². The van der Waals surface area contributed by atoms with Crippen molar-refractivity contribution < 1.29 is 4.79 Å². The van der Waals surface area contributed by atoms with Gasteiger partial charge in [0.2, 0.25) is 0 Å². The van der Waals surface area contributed by atoms with E-state index in [4.69, 9.17) is 0 Å². The van der Waals surface area contributed by atoms with E-state index in [9.17, 15) is 4.79 Å². The van der Waals surface area contributed by atoms with Crippen LogP contribution >= 0.6 is 0 Å². The Morgan fingerprint density at radius 3 is 3.00 bits per heavy atom. The van der Waals surface area contributed by atoms with Gasteiger partial charge in [-0.1, -0.05) is 6.07 Å². The van der Waals surface area contributed by atoms with Crippen molar-refractivity contribution in [3.63, 3.8) is 0 Å². The van der Waals surface area contributed by atoms with Gasteiger partial charge in [0.05, 0.1) is 17.5 Å². The van der Waals surface area contributed by atoms with E-state index in [0.29, 0.717) is 12.2 Å². The van der Waals surface area contributed by atoms with Crippen molar-refractivity contribution in [1.29, 1.82) is 0 Å². The van der Waals surface area contributed by atoms with Gasteiger partial charge in [0.15, 0.2) is 0 Å². The van der Waals surface area contributed by atoms with Crippen molar-refractivity contribution in [2.24, 2.45) is 7.05 Å². The number of carbonyl (C=O) groups excluding carboxylic acids is 1. The van der Waals surface area contributed by atoms with Crippen LogP contribution in [0.4, 0.5) is 0 Å². The number of amides is 1. The van der Waals surface area contributed by atoms with E-state index in [1.165, 1.54) is 0 Å². The molecule has 1 N–H and O–H groups in total. The highest BCUT2D eigenvalue weighted by atomic mass is 16.1. The minimum atomic E-state index is -0.121. The van der Waals surface area contributed by atoms with E-state index in [2.05, 4.69) is 15.4 Å². The molecule has 1 amide bonds. The summed E-state index contributed by atoms with van der Waals surface area (Å²) in [4.78, 5) is 16.3. The van der Waals surface area contributed by atoms with E-state index in [1.807, 2.05) is 38.4 Å². The molecule has 3 aromatic rings. The Morgan fingerprint density at radius 2 is 2.25 bits per heavy atom. The second kappa shape index (κ2) is 4.80. The van der Waals surface area contributed by atoms with Crippen molar-refractivity contribution in [3.8, 4) is 0 Å². The Balaban J connectivity index is 1.80. The fraction of sp³-hybridized carbons (Fsp3) is 0.214.